The van der Waals surface area contributed by atoms with Crippen molar-refractivity contribution in [1.82, 2.24) is 20.5 Å². The number of nitrogens with zero attached hydrogens (tertiary/aromatic N) is 3. The van der Waals surface area contributed by atoms with Crippen molar-refractivity contribution in [3.05, 3.63) is 59.5 Å². The molecule has 3 aromatic rings. The van der Waals surface area contributed by atoms with Crippen molar-refractivity contribution in [2.75, 3.05) is 5.32 Å². The van der Waals surface area contributed by atoms with Crippen LogP contribution in [0.1, 0.15) is 5.01 Å². The molecule has 8 heteroatoms. The summed E-state index contributed by atoms with van der Waals surface area (Å²) in [5, 5.41) is 14.8. The molecular weight excluding hydrogens is 317 g/mol. The van der Waals surface area contributed by atoms with Crippen LogP contribution in [0, 0.1) is 5.82 Å². The number of amides is 2. The zero-order valence-electron chi connectivity index (χ0n) is 11.9. The zero-order valence-corrected chi connectivity index (χ0v) is 12.7. The fraction of sp³-hybridized carbons (Fsp3) is 0.0667. The molecule has 2 aromatic heterocycles. The largest absolute Gasteiger partial charge is 0.331 e. The summed E-state index contributed by atoms with van der Waals surface area (Å²) in [6.07, 6.45) is 1.03. The smallest absolute Gasteiger partial charge is 0.320 e. The summed E-state index contributed by atoms with van der Waals surface area (Å²) in [5.41, 5.74) is 0.983. The van der Waals surface area contributed by atoms with E-state index in [1.807, 2.05) is 30.3 Å². The minimum atomic E-state index is -0.460. The summed E-state index contributed by atoms with van der Waals surface area (Å²) in [4.78, 5) is 15.5. The van der Waals surface area contributed by atoms with Gasteiger partial charge in [0.15, 0.2) is 0 Å². The van der Waals surface area contributed by atoms with Crippen molar-refractivity contribution in [2.45, 2.75) is 6.54 Å². The number of rotatable bonds is 4. The van der Waals surface area contributed by atoms with Crippen LogP contribution >= 0.6 is 11.3 Å². The molecule has 0 saturated heterocycles. The highest BCUT2D eigenvalue weighted by atomic mass is 32.1. The summed E-state index contributed by atoms with van der Waals surface area (Å²) in [6, 6.07) is 11.8. The van der Waals surface area contributed by atoms with Crippen molar-refractivity contribution in [1.29, 1.82) is 0 Å². The molecule has 3 rings (SSSR count). The lowest BCUT2D eigenvalue weighted by molar-refractivity contribution is 0.251. The molecule has 0 spiro atoms. The Morgan fingerprint density at radius 3 is 2.70 bits per heavy atom. The van der Waals surface area contributed by atoms with Gasteiger partial charge in [0.2, 0.25) is 0 Å². The summed E-state index contributed by atoms with van der Waals surface area (Å²) in [7, 11) is 0. The Balaban J connectivity index is 1.55. The number of hydrogen-bond acceptors (Lipinski definition) is 5. The molecule has 2 N–H and O–H groups in total. The van der Waals surface area contributed by atoms with Crippen LogP contribution in [0.15, 0.2) is 48.7 Å². The van der Waals surface area contributed by atoms with Crippen LogP contribution in [0.25, 0.3) is 10.6 Å². The maximum atomic E-state index is 12.7. The van der Waals surface area contributed by atoms with Crippen molar-refractivity contribution >= 4 is 23.2 Å². The van der Waals surface area contributed by atoms with Crippen LogP contribution in [0.2, 0.25) is 0 Å². The van der Waals surface area contributed by atoms with Gasteiger partial charge >= 0.3 is 6.03 Å². The van der Waals surface area contributed by atoms with Crippen LogP contribution in [0.3, 0.4) is 0 Å². The average Bonchev–Trinajstić information content (AvgIpc) is 3.05. The number of carbonyl (C=O) groups is 1. The lowest BCUT2D eigenvalue weighted by Crippen LogP contribution is -2.28. The second-order valence-corrected chi connectivity index (χ2v) is 5.60. The van der Waals surface area contributed by atoms with Crippen molar-refractivity contribution in [3.8, 4) is 10.6 Å². The first kappa shape index (κ1) is 15.0. The first-order chi connectivity index (χ1) is 11.2. The number of urea groups is 1. The fourth-order valence-electron chi connectivity index (χ4n) is 1.79. The SMILES string of the molecule is O=C(NCc1nnc(-c2ccccc2)s1)Nc1ccc(F)cn1. The van der Waals surface area contributed by atoms with Gasteiger partial charge in [-0.05, 0) is 12.1 Å². The Bertz CT molecular complexity index is 791. The van der Waals surface area contributed by atoms with Gasteiger partial charge in [0, 0.05) is 5.56 Å². The third-order valence-electron chi connectivity index (χ3n) is 2.86. The Labute approximate surface area is 135 Å². The molecule has 2 heterocycles. The van der Waals surface area contributed by atoms with E-state index in [1.165, 1.54) is 23.5 Å². The molecule has 6 nitrogen and oxygen atoms in total. The van der Waals surface area contributed by atoms with Gasteiger partial charge in [0.05, 0.1) is 12.7 Å². The molecule has 116 valence electrons. The molecule has 0 bridgehead atoms. The van der Waals surface area contributed by atoms with E-state index < -0.39 is 11.8 Å². The molecule has 0 atom stereocenters. The molecule has 0 fully saturated rings. The minimum absolute atomic E-state index is 0.248. The number of anilines is 1. The predicted molar refractivity (Wildman–Crippen MR) is 85.4 cm³/mol. The van der Waals surface area contributed by atoms with E-state index in [-0.39, 0.29) is 12.4 Å². The number of nitrogens with one attached hydrogen (secondary N) is 2. The van der Waals surface area contributed by atoms with Crippen LogP contribution in [0.4, 0.5) is 15.0 Å². The minimum Gasteiger partial charge on any atom is -0.331 e. The molecule has 0 aliphatic carbocycles. The van der Waals surface area contributed by atoms with E-state index in [4.69, 9.17) is 0 Å². The highest BCUT2D eigenvalue weighted by Crippen LogP contribution is 2.22. The lowest BCUT2D eigenvalue weighted by Gasteiger charge is -2.04. The van der Waals surface area contributed by atoms with Crippen LogP contribution in [0.5, 0.6) is 0 Å². The molecule has 2 amide bonds. The fourth-order valence-corrected chi connectivity index (χ4v) is 2.57. The molecule has 23 heavy (non-hydrogen) atoms. The van der Waals surface area contributed by atoms with Crippen LogP contribution in [-0.4, -0.2) is 21.2 Å². The summed E-state index contributed by atoms with van der Waals surface area (Å²) < 4.78 is 12.7. The van der Waals surface area contributed by atoms with E-state index in [1.54, 1.807) is 0 Å². The van der Waals surface area contributed by atoms with Crippen LogP contribution < -0.4 is 10.6 Å². The van der Waals surface area contributed by atoms with Gasteiger partial charge in [-0.2, -0.15) is 0 Å². The maximum Gasteiger partial charge on any atom is 0.320 e. The first-order valence-corrected chi connectivity index (χ1v) is 7.56. The third-order valence-corrected chi connectivity index (χ3v) is 3.83. The van der Waals surface area contributed by atoms with E-state index in [2.05, 4.69) is 25.8 Å². The second kappa shape index (κ2) is 6.93. The molecule has 0 saturated carbocycles. The predicted octanol–water partition coefficient (Wildman–Crippen LogP) is 3.06. The quantitative estimate of drug-likeness (QED) is 0.771. The Hall–Kier alpha value is -2.87. The Morgan fingerprint density at radius 1 is 1.13 bits per heavy atom. The van der Waals surface area contributed by atoms with Crippen LogP contribution in [-0.2, 0) is 6.54 Å². The van der Waals surface area contributed by atoms with Gasteiger partial charge in [0.1, 0.15) is 21.7 Å². The van der Waals surface area contributed by atoms with Gasteiger partial charge in [-0.25, -0.2) is 14.2 Å². The molecule has 0 radical (unpaired) electrons. The monoisotopic (exact) mass is 329 g/mol. The van der Waals surface area contributed by atoms with Gasteiger partial charge in [-0.3, -0.25) is 5.32 Å². The summed E-state index contributed by atoms with van der Waals surface area (Å²) >= 11 is 1.41. The Kier molecular flexibility index (Phi) is 4.53. The molecule has 1 aromatic carbocycles. The first-order valence-electron chi connectivity index (χ1n) is 6.75. The highest BCUT2D eigenvalue weighted by Gasteiger charge is 2.08. The van der Waals surface area contributed by atoms with Gasteiger partial charge in [0.25, 0.3) is 0 Å². The second-order valence-electron chi connectivity index (χ2n) is 4.54. The number of benzene rings is 1. The molecule has 0 aliphatic rings. The van der Waals surface area contributed by atoms with Gasteiger partial charge < -0.3 is 5.32 Å². The maximum absolute atomic E-state index is 12.7. The highest BCUT2D eigenvalue weighted by molar-refractivity contribution is 7.14. The van der Waals surface area contributed by atoms with E-state index in [9.17, 15) is 9.18 Å². The third kappa shape index (κ3) is 4.07. The van der Waals surface area contributed by atoms with E-state index in [0.29, 0.717) is 5.01 Å². The number of hydrogen-bond donors (Lipinski definition) is 2. The average molecular weight is 329 g/mol. The summed E-state index contributed by atoms with van der Waals surface area (Å²) in [5.74, 6) is -0.190. The summed E-state index contributed by atoms with van der Waals surface area (Å²) in [6.45, 7) is 0.248. The normalized spacial score (nSPS) is 10.3. The Morgan fingerprint density at radius 2 is 1.96 bits per heavy atom. The van der Waals surface area contributed by atoms with Gasteiger partial charge in [-0.15, -0.1) is 10.2 Å². The van der Waals surface area contributed by atoms with Crippen molar-refractivity contribution in [3.63, 3.8) is 0 Å². The van der Waals surface area contributed by atoms with Crippen molar-refractivity contribution in [2.24, 2.45) is 0 Å². The lowest BCUT2D eigenvalue weighted by atomic mass is 10.2. The number of aromatic nitrogens is 3. The zero-order chi connectivity index (χ0) is 16.1. The molecule has 0 aliphatic heterocycles. The molecular formula is C15H12FN5OS. The number of pyridine rings is 1. The number of carbonyl (C=O) groups excluding carboxylic acids is 1. The van der Waals surface area contributed by atoms with E-state index >= 15 is 0 Å². The molecule has 0 unspecified atom stereocenters. The standard InChI is InChI=1S/C15H12FN5OS/c16-11-6-7-12(17-8-11)19-15(22)18-9-13-20-21-14(23-13)10-4-2-1-3-5-10/h1-8H,9H2,(H2,17,18,19,22). The number of halogens is 1. The van der Waals surface area contributed by atoms with E-state index in [0.717, 1.165) is 16.8 Å². The topological polar surface area (TPSA) is 79.8 Å². The van der Waals surface area contributed by atoms with Crippen molar-refractivity contribution < 1.29 is 9.18 Å². The van der Waals surface area contributed by atoms with Gasteiger partial charge in [-0.1, -0.05) is 41.7 Å².